The zero-order valence-corrected chi connectivity index (χ0v) is 29.6. The smallest absolute Gasteiger partial charge is 0.300 e. The van der Waals surface area contributed by atoms with Gasteiger partial charge in [0.15, 0.2) is 0 Å². The molecule has 4 fully saturated rings. The molecule has 4 aliphatic carbocycles. The van der Waals surface area contributed by atoms with Crippen LogP contribution in [0, 0.1) is 13.8 Å². The quantitative estimate of drug-likeness (QED) is 0.110. The van der Waals surface area contributed by atoms with E-state index in [-0.39, 0.29) is 32.3 Å². The largest absolute Gasteiger partial charge is 2.00 e. The van der Waals surface area contributed by atoms with Gasteiger partial charge in [0.1, 0.15) is 0 Å². The van der Waals surface area contributed by atoms with Crippen LogP contribution in [0.1, 0.15) is 156 Å². The van der Waals surface area contributed by atoms with Gasteiger partial charge in [-0.15, -0.1) is 27.7 Å². The Kier molecular flexibility index (Phi) is 18.1. The van der Waals surface area contributed by atoms with E-state index in [9.17, 15) is 0 Å². The van der Waals surface area contributed by atoms with Gasteiger partial charge in [0.2, 0.25) is 0 Å². The first kappa shape index (κ1) is 35.8. The number of rotatable bonds is 8. The van der Waals surface area contributed by atoms with E-state index >= 15 is 0 Å². The Bertz CT molecular complexity index is 610. The molecule has 0 aromatic heterocycles. The summed E-state index contributed by atoms with van der Waals surface area (Å²) >= 11 is 0. The molecule has 0 N–H and O–H groups in total. The topological polar surface area (TPSA) is 0 Å². The van der Waals surface area contributed by atoms with Crippen LogP contribution in [0.2, 0.25) is 0 Å². The first-order valence-corrected chi connectivity index (χ1v) is 20.8. The van der Waals surface area contributed by atoms with E-state index in [0.717, 1.165) is 11.1 Å². The Labute approximate surface area is 258 Å². The maximum atomic E-state index is 3.92. The fourth-order valence-corrected chi connectivity index (χ4v) is 18.1. The van der Waals surface area contributed by atoms with Gasteiger partial charge < -0.3 is 11.1 Å². The summed E-state index contributed by atoms with van der Waals surface area (Å²) in [6.45, 7) is 16.0. The normalized spacial score (nSPS) is 22.1. The Balaban J connectivity index is 0.000000417. The van der Waals surface area contributed by atoms with Crippen molar-refractivity contribution in [3.63, 3.8) is 0 Å². The molecule has 39 heavy (non-hydrogen) atoms. The molecule has 0 aromatic rings. The van der Waals surface area contributed by atoms with Gasteiger partial charge in [-0.05, 0) is 103 Å². The first-order chi connectivity index (χ1) is 18.4. The number of hydrogen-bond acceptors (Lipinski definition) is 0. The minimum Gasteiger partial charge on any atom is -0.300 e. The minimum absolute atomic E-state index is 0. The van der Waals surface area contributed by atoms with Crippen molar-refractivity contribution >= 4 is 15.8 Å². The summed E-state index contributed by atoms with van der Waals surface area (Å²) in [5.41, 5.74) is 9.52. The maximum Gasteiger partial charge on any atom is 2.00 e. The van der Waals surface area contributed by atoms with Gasteiger partial charge in [0.25, 0.3) is 0 Å². The molecule has 0 aromatic carbocycles. The van der Waals surface area contributed by atoms with E-state index in [1.165, 1.54) is 33.8 Å². The molecule has 0 unspecified atom stereocenters. The van der Waals surface area contributed by atoms with Gasteiger partial charge in [0.05, 0.1) is 35.0 Å². The van der Waals surface area contributed by atoms with Gasteiger partial charge in [-0.1, -0.05) is 25.7 Å². The average molecular weight is 620 g/mol. The van der Waals surface area contributed by atoms with E-state index in [4.69, 9.17) is 0 Å². The molecular weight excluding hydrogens is 553 g/mol. The molecule has 4 saturated carbocycles. The van der Waals surface area contributed by atoms with Gasteiger partial charge >= 0.3 is 16.5 Å². The summed E-state index contributed by atoms with van der Waals surface area (Å²) in [6.07, 6.45) is 35.5. The molecule has 4 aliphatic rings. The number of hydrogen-bond donors (Lipinski definition) is 0. The number of allylic oxidation sites excluding steroid dienone is 4. The fraction of sp³-hybridized carbons (Fsp3) is 0.833. The Hall–Kier alpha value is 0.574. The first-order valence-electron chi connectivity index (χ1n) is 17.1. The molecule has 0 amide bonds. The van der Waals surface area contributed by atoms with Crippen molar-refractivity contribution in [2.24, 2.45) is 0 Å². The Morgan fingerprint density at radius 1 is 0.436 bits per heavy atom. The monoisotopic (exact) mass is 618 g/mol. The van der Waals surface area contributed by atoms with Crippen LogP contribution >= 0.6 is 15.8 Å². The summed E-state index contributed by atoms with van der Waals surface area (Å²) in [5, 5.41) is 0. The van der Waals surface area contributed by atoms with Gasteiger partial charge in [-0.25, -0.2) is 11.1 Å². The summed E-state index contributed by atoms with van der Waals surface area (Å²) in [4.78, 5) is 0. The van der Waals surface area contributed by atoms with E-state index in [1.807, 2.05) is 0 Å². The fourth-order valence-electron chi connectivity index (χ4n) is 8.27. The molecule has 0 atom stereocenters. The van der Waals surface area contributed by atoms with Crippen molar-refractivity contribution in [3.05, 3.63) is 36.1 Å². The second-order valence-corrected chi connectivity index (χ2v) is 20.5. The van der Waals surface area contributed by atoms with Crippen molar-refractivity contribution < 1.29 is 16.5 Å². The zero-order chi connectivity index (χ0) is 27.3. The van der Waals surface area contributed by atoms with Crippen LogP contribution in [0.5, 0.6) is 0 Å². The summed E-state index contributed by atoms with van der Waals surface area (Å²) in [6, 6.07) is 0. The standard InChI is InChI=1S/C26H48P2.C10H16.Ni/c1-5-13-23(14-6-1)27(24-15-7-2-8-16-24)21-22-28(25-17-9-3-10-18-25)26-19-11-4-12-20-26;1-7(2)9(5)10(6)8(3)4;/h23-26H,1-22H2;5-6H2,1-4H3;/q;-2;+2/p+2. The van der Waals surface area contributed by atoms with Crippen molar-refractivity contribution in [3.8, 4) is 0 Å². The summed E-state index contributed by atoms with van der Waals surface area (Å²) < 4.78 is 0. The van der Waals surface area contributed by atoms with Crippen molar-refractivity contribution in [2.75, 3.05) is 12.3 Å². The van der Waals surface area contributed by atoms with Crippen LogP contribution < -0.4 is 0 Å². The molecular formula is C36H66NiP2+2. The van der Waals surface area contributed by atoms with Crippen molar-refractivity contribution in [1.29, 1.82) is 0 Å². The molecule has 0 spiro atoms. The van der Waals surface area contributed by atoms with E-state index < -0.39 is 0 Å². The third kappa shape index (κ3) is 12.0. The molecule has 0 bridgehead atoms. The van der Waals surface area contributed by atoms with Crippen LogP contribution in [-0.4, -0.2) is 35.0 Å². The molecule has 0 nitrogen and oxygen atoms in total. The van der Waals surface area contributed by atoms with E-state index in [1.54, 1.807) is 141 Å². The van der Waals surface area contributed by atoms with Crippen LogP contribution in [0.25, 0.3) is 0 Å². The molecule has 0 heterocycles. The van der Waals surface area contributed by atoms with Gasteiger partial charge in [0, 0.05) is 15.8 Å². The summed E-state index contributed by atoms with van der Waals surface area (Å²) in [7, 11) is -0.182. The second-order valence-electron chi connectivity index (χ2n) is 13.9. The third-order valence-electron chi connectivity index (χ3n) is 10.8. The van der Waals surface area contributed by atoms with Gasteiger partial charge in [-0.2, -0.15) is 0 Å². The van der Waals surface area contributed by atoms with Crippen LogP contribution in [0.3, 0.4) is 0 Å². The molecule has 3 heteroatoms. The van der Waals surface area contributed by atoms with Crippen LogP contribution in [0.15, 0.2) is 22.3 Å². The van der Waals surface area contributed by atoms with E-state index in [0.29, 0.717) is 0 Å². The Morgan fingerprint density at radius 2 is 0.641 bits per heavy atom. The predicted molar refractivity (Wildman–Crippen MR) is 181 cm³/mol. The molecule has 4 rings (SSSR count). The maximum absolute atomic E-state index is 3.92. The molecule has 0 radical (unpaired) electrons. The Morgan fingerprint density at radius 3 is 0.821 bits per heavy atom. The van der Waals surface area contributed by atoms with Crippen molar-refractivity contribution in [1.82, 2.24) is 0 Å². The molecule has 0 aliphatic heterocycles. The summed E-state index contributed by atoms with van der Waals surface area (Å²) in [5.74, 6) is 0. The van der Waals surface area contributed by atoms with Gasteiger partial charge in [-0.3, -0.25) is 13.8 Å². The van der Waals surface area contributed by atoms with E-state index in [2.05, 4.69) is 41.5 Å². The molecule has 0 saturated heterocycles. The second kappa shape index (κ2) is 19.7. The third-order valence-corrected chi connectivity index (χ3v) is 19.5. The SMILES string of the molecule is C1CCC([PH+](CC[PH+](C2CCCCC2)C2CCCCC2)C2CCCCC2)CC1.[CH2-]C(=C(C)C)C([CH2-])=C(C)C.[Ni+2]. The molecule has 228 valence electrons. The minimum atomic E-state index is -0.0909. The zero-order valence-electron chi connectivity index (χ0n) is 26.6. The van der Waals surface area contributed by atoms with Crippen LogP contribution in [0.4, 0.5) is 0 Å². The van der Waals surface area contributed by atoms with Crippen molar-refractivity contribution in [2.45, 2.75) is 179 Å². The van der Waals surface area contributed by atoms with Crippen LogP contribution in [-0.2, 0) is 16.5 Å². The predicted octanol–water partition coefficient (Wildman–Crippen LogP) is 12.1. The average Bonchev–Trinajstić information content (AvgIpc) is 2.96.